The first-order valence-electron chi connectivity index (χ1n) is 13.8. The second-order valence-corrected chi connectivity index (χ2v) is 11.2. The van der Waals surface area contributed by atoms with Crippen LogP contribution in [0, 0.1) is 12.8 Å². The van der Waals surface area contributed by atoms with Crippen LogP contribution in [0.4, 0.5) is 11.4 Å². The maximum Gasteiger partial charge on any atom is 0.267 e. The molecule has 204 valence electrons. The standard InChI is InChI=1S/C27H37N7O3S/c1-19-24(38-31-30-19)27(37)34-16-14-32(15-17-34)23-9-8-21(26(36)33-12-5-10-28-11-13-33)18-22(23)29-25(35)20-6-3-2-4-7-20/h8-9,18,20,28H,2-7,10-17H2,1H3,(H,29,35). The quantitative estimate of drug-likeness (QED) is 0.601. The van der Waals surface area contributed by atoms with Gasteiger partial charge in [0.1, 0.15) is 4.88 Å². The Morgan fingerprint density at radius 3 is 2.42 bits per heavy atom. The molecule has 5 rings (SSSR count). The third kappa shape index (κ3) is 5.99. The van der Waals surface area contributed by atoms with Gasteiger partial charge in [-0.1, -0.05) is 23.8 Å². The van der Waals surface area contributed by atoms with Crippen LogP contribution in [0.25, 0.3) is 0 Å². The molecular weight excluding hydrogens is 502 g/mol. The van der Waals surface area contributed by atoms with Crippen molar-refractivity contribution in [1.29, 1.82) is 0 Å². The molecule has 3 aliphatic rings. The van der Waals surface area contributed by atoms with Crippen LogP contribution >= 0.6 is 11.5 Å². The number of rotatable bonds is 5. The summed E-state index contributed by atoms with van der Waals surface area (Å²) in [6.07, 6.45) is 6.09. The van der Waals surface area contributed by atoms with E-state index < -0.39 is 0 Å². The average molecular weight is 540 g/mol. The molecule has 10 nitrogen and oxygen atoms in total. The summed E-state index contributed by atoms with van der Waals surface area (Å²) >= 11 is 1.14. The molecular formula is C27H37N7O3S. The van der Waals surface area contributed by atoms with Crippen LogP contribution in [0.15, 0.2) is 18.2 Å². The van der Waals surface area contributed by atoms with Gasteiger partial charge in [0.05, 0.1) is 17.1 Å². The van der Waals surface area contributed by atoms with Gasteiger partial charge in [0.25, 0.3) is 11.8 Å². The van der Waals surface area contributed by atoms with Gasteiger partial charge in [-0.05, 0) is 62.5 Å². The van der Waals surface area contributed by atoms with E-state index in [9.17, 15) is 14.4 Å². The molecule has 3 amide bonds. The molecule has 0 atom stereocenters. The van der Waals surface area contributed by atoms with E-state index in [1.54, 1.807) is 6.92 Å². The molecule has 1 aromatic heterocycles. The second-order valence-electron chi connectivity index (χ2n) is 10.4. The molecule has 0 radical (unpaired) electrons. The largest absolute Gasteiger partial charge is 0.366 e. The molecule has 1 aromatic carbocycles. The predicted molar refractivity (Wildman–Crippen MR) is 148 cm³/mol. The Morgan fingerprint density at radius 2 is 1.68 bits per heavy atom. The van der Waals surface area contributed by atoms with E-state index in [2.05, 4.69) is 25.1 Å². The van der Waals surface area contributed by atoms with Crippen LogP contribution in [0.5, 0.6) is 0 Å². The molecule has 2 aromatic rings. The molecule has 0 spiro atoms. The van der Waals surface area contributed by atoms with E-state index >= 15 is 0 Å². The number of nitrogens with one attached hydrogen (secondary N) is 2. The maximum atomic E-state index is 13.4. The summed E-state index contributed by atoms with van der Waals surface area (Å²) in [5, 5.41) is 10.5. The first-order chi connectivity index (χ1) is 18.5. The van der Waals surface area contributed by atoms with Crippen LogP contribution in [0.3, 0.4) is 0 Å². The van der Waals surface area contributed by atoms with Crippen molar-refractivity contribution >= 4 is 40.6 Å². The van der Waals surface area contributed by atoms with Crippen LogP contribution < -0.4 is 15.5 Å². The van der Waals surface area contributed by atoms with Crippen molar-refractivity contribution in [3.05, 3.63) is 34.3 Å². The molecule has 0 unspecified atom stereocenters. The highest BCUT2D eigenvalue weighted by Crippen LogP contribution is 2.32. The Hall–Kier alpha value is -3.05. The number of carbonyl (C=O) groups is 3. The zero-order valence-electron chi connectivity index (χ0n) is 22.1. The SMILES string of the molecule is Cc1nnsc1C(=O)N1CCN(c2ccc(C(=O)N3CCCNCC3)cc2NC(=O)C2CCCCC2)CC1. The summed E-state index contributed by atoms with van der Waals surface area (Å²) in [5.74, 6) is 0.0168. The minimum absolute atomic E-state index is 0.00244. The number of aryl methyl sites for hydroxylation is 1. The Labute approximate surface area is 227 Å². The molecule has 2 N–H and O–H groups in total. The Morgan fingerprint density at radius 1 is 0.921 bits per heavy atom. The van der Waals surface area contributed by atoms with E-state index in [0.29, 0.717) is 54.5 Å². The summed E-state index contributed by atoms with van der Waals surface area (Å²) in [6, 6.07) is 5.67. The molecule has 2 aliphatic heterocycles. The Bertz CT molecular complexity index is 1150. The molecule has 11 heteroatoms. The first-order valence-corrected chi connectivity index (χ1v) is 14.6. The van der Waals surface area contributed by atoms with Gasteiger partial charge in [-0.25, -0.2) is 0 Å². The van der Waals surface area contributed by atoms with Crippen molar-refractivity contribution in [2.24, 2.45) is 5.92 Å². The average Bonchev–Trinajstić information content (AvgIpc) is 3.20. The maximum absolute atomic E-state index is 13.4. The van der Waals surface area contributed by atoms with Gasteiger partial charge in [0.15, 0.2) is 0 Å². The van der Waals surface area contributed by atoms with Crippen LogP contribution in [0.2, 0.25) is 0 Å². The summed E-state index contributed by atoms with van der Waals surface area (Å²) in [5.41, 5.74) is 2.83. The third-order valence-electron chi connectivity index (χ3n) is 7.86. The first kappa shape index (κ1) is 26.6. The van der Waals surface area contributed by atoms with Gasteiger partial charge >= 0.3 is 0 Å². The van der Waals surface area contributed by atoms with E-state index in [1.807, 2.05) is 28.0 Å². The number of aromatic nitrogens is 2. The summed E-state index contributed by atoms with van der Waals surface area (Å²) in [4.78, 5) is 46.0. The molecule has 0 bridgehead atoms. The zero-order valence-corrected chi connectivity index (χ0v) is 22.9. The van der Waals surface area contributed by atoms with Gasteiger partial charge < -0.3 is 25.3 Å². The highest BCUT2D eigenvalue weighted by Gasteiger charge is 2.28. The van der Waals surface area contributed by atoms with Gasteiger partial charge in [0, 0.05) is 57.3 Å². The van der Waals surface area contributed by atoms with Crippen molar-refractivity contribution in [2.75, 3.05) is 62.6 Å². The lowest BCUT2D eigenvalue weighted by molar-refractivity contribution is -0.120. The minimum Gasteiger partial charge on any atom is -0.366 e. The number of nitrogens with zero attached hydrogens (tertiary/aromatic N) is 5. The van der Waals surface area contributed by atoms with Crippen LogP contribution in [0.1, 0.15) is 64.2 Å². The fraction of sp³-hybridized carbons (Fsp3) is 0.593. The Kier molecular flexibility index (Phi) is 8.53. The van der Waals surface area contributed by atoms with Gasteiger partial charge in [0.2, 0.25) is 5.91 Å². The molecule has 2 saturated heterocycles. The number of hydrogen-bond donors (Lipinski definition) is 2. The number of anilines is 2. The highest BCUT2D eigenvalue weighted by molar-refractivity contribution is 7.07. The summed E-state index contributed by atoms with van der Waals surface area (Å²) < 4.78 is 3.90. The topological polar surface area (TPSA) is 111 Å². The minimum atomic E-state index is -0.0316. The van der Waals surface area contributed by atoms with Crippen molar-refractivity contribution in [3.8, 4) is 0 Å². The lowest BCUT2D eigenvalue weighted by Gasteiger charge is -2.37. The number of amides is 3. The molecule has 38 heavy (non-hydrogen) atoms. The summed E-state index contributed by atoms with van der Waals surface area (Å²) in [7, 11) is 0. The molecule has 3 heterocycles. The predicted octanol–water partition coefficient (Wildman–Crippen LogP) is 2.76. The zero-order chi connectivity index (χ0) is 26.5. The summed E-state index contributed by atoms with van der Waals surface area (Å²) in [6.45, 7) is 7.30. The van der Waals surface area contributed by atoms with Crippen molar-refractivity contribution in [3.63, 3.8) is 0 Å². The molecule has 3 fully saturated rings. The molecule has 1 saturated carbocycles. The lowest BCUT2D eigenvalue weighted by atomic mass is 9.88. The van der Waals surface area contributed by atoms with Crippen molar-refractivity contribution < 1.29 is 14.4 Å². The normalized spacial score (nSPS) is 19.2. The number of benzene rings is 1. The van der Waals surface area contributed by atoms with E-state index in [1.165, 1.54) is 6.42 Å². The third-order valence-corrected chi connectivity index (χ3v) is 8.67. The Balaban J connectivity index is 1.34. The van der Waals surface area contributed by atoms with Crippen LogP contribution in [-0.2, 0) is 4.79 Å². The number of piperazine rings is 1. The highest BCUT2D eigenvalue weighted by atomic mass is 32.1. The fourth-order valence-corrected chi connectivity index (χ4v) is 6.22. The fourth-order valence-electron chi connectivity index (χ4n) is 5.60. The van der Waals surface area contributed by atoms with Crippen LogP contribution in [-0.4, -0.2) is 89.5 Å². The second kappa shape index (κ2) is 12.2. The van der Waals surface area contributed by atoms with E-state index in [-0.39, 0.29) is 23.6 Å². The number of carbonyl (C=O) groups excluding carboxylic acids is 3. The molecule has 1 aliphatic carbocycles. The van der Waals surface area contributed by atoms with Crippen molar-refractivity contribution in [2.45, 2.75) is 45.4 Å². The van der Waals surface area contributed by atoms with Gasteiger partial charge in [-0.3, -0.25) is 14.4 Å². The smallest absolute Gasteiger partial charge is 0.267 e. The lowest BCUT2D eigenvalue weighted by Crippen LogP contribution is -2.49. The van der Waals surface area contributed by atoms with Gasteiger partial charge in [-0.2, -0.15) is 0 Å². The number of hydrogen-bond acceptors (Lipinski definition) is 8. The van der Waals surface area contributed by atoms with E-state index in [4.69, 9.17) is 0 Å². The van der Waals surface area contributed by atoms with Crippen molar-refractivity contribution in [1.82, 2.24) is 24.7 Å². The van der Waals surface area contributed by atoms with E-state index in [0.717, 1.165) is 69.0 Å². The van der Waals surface area contributed by atoms with Gasteiger partial charge in [-0.15, -0.1) is 5.10 Å². The monoisotopic (exact) mass is 539 g/mol.